The van der Waals surface area contributed by atoms with Crippen LogP contribution in [0.3, 0.4) is 0 Å². The molecule has 2 amide bonds. The molecule has 0 unspecified atom stereocenters. The molecule has 154 valence electrons. The highest BCUT2D eigenvalue weighted by atomic mass is 32.2. The molecule has 29 heavy (non-hydrogen) atoms. The zero-order valence-electron chi connectivity index (χ0n) is 15.8. The van der Waals surface area contributed by atoms with Gasteiger partial charge in [-0.3, -0.25) is 9.80 Å². The van der Waals surface area contributed by atoms with E-state index in [1.807, 2.05) is 19.9 Å². The van der Waals surface area contributed by atoms with Gasteiger partial charge in [-0.1, -0.05) is 12.1 Å². The van der Waals surface area contributed by atoms with Crippen LogP contribution >= 0.6 is 0 Å². The van der Waals surface area contributed by atoms with Crippen molar-refractivity contribution in [1.29, 1.82) is 0 Å². The summed E-state index contributed by atoms with van der Waals surface area (Å²) in [4.78, 5) is 15.9. The fourth-order valence-corrected chi connectivity index (χ4v) is 6.15. The molecule has 0 spiro atoms. The van der Waals surface area contributed by atoms with Crippen LogP contribution in [0, 0.1) is 13.8 Å². The number of alkyl halides is 3. The average Bonchev–Trinajstić information content (AvgIpc) is 3.01. The molecule has 9 heteroatoms. The minimum atomic E-state index is -4.56. The lowest BCUT2D eigenvalue weighted by Gasteiger charge is -2.24. The van der Waals surface area contributed by atoms with Crippen molar-refractivity contribution >= 4 is 27.2 Å². The number of halogens is 3. The second-order valence-corrected chi connectivity index (χ2v) is 9.78. The number of urea groups is 1. The van der Waals surface area contributed by atoms with Crippen molar-refractivity contribution in [3.05, 3.63) is 59.2 Å². The van der Waals surface area contributed by atoms with Crippen molar-refractivity contribution in [3.63, 3.8) is 0 Å². The fraction of sp³-hybridized carbons (Fsp3) is 0.350. The lowest BCUT2D eigenvalue weighted by Crippen LogP contribution is -2.38. The molecular weight excluding hydrogens is 405 g/mol. The third-order valence-corrected chi connectivity index (χ3v) is 7.00. The molecule has 0 bridgehead atoms. The molecule has 2 fully saturated rings. The van der Waals surface area contributed by atoms with Crippen LogP contribution in [0.5, 0.6) is 0 Å². The van der Waals surface area contributed by atoms with Gasteiger partial charge in [0, 0.05) is 11.4 Å². The number of sulfone groups is 1. The Morgan fingerprint density at radius 2 is 1.45 bits per heavy atom. The molecule has 2 heterocycles. The molecule has 2 saturated heterocycles. The van der Waals surface area contributed by atoms with E-state index in [1.165, 1.54) is 21.9 Å². The van der Waals surface area contributed by atoms with Gasteiger partial charge in [0.15, 0.2) is 9.84 Å². The Kier molecular flexibility index (Phi) is 4.41. The van der Waals surface area contributed by atoms with Crippen molar-refractivity contribution < 1.29 is 26.4 Å². The minimum Gasteiger partial charge on any atom is -0.288 e. The molecule has 2 aliphatic heterocycles. The SMILES string of the molecule is Cc1cc(C)cc(N2C(=O)N(c3cccc(C(F)(F)F)c3)[C@@H]3CS(=O)(=O)C[C@H]32)c1. The average molecular weight is 424 g/mol. The molecule has 0 aromatic heterocycles. The zero-order valence-corrected chi connectivity index (χ0v) is 16.6. The van der Waals surface area contributed by atoms with Crippen LogP contribution in [0.1, 0.15) is 16.7 Å². The number of amides is 2. The second-order valence-electron chi connectivity index (χ2n) is 7.63. The second kappa shape index (κ2) is 6.48. The Labute approximate surface area is 166 Å². The Morgan fingerprint density at radius 3 is 2.00 bits per heavy atom. The Hall–Kier alpha value is -2.55. The molecular formula is C20H19F3N2O3S. The Balaban J connectivity index is 1.82. The maximum atomic E-state index is 13.3. The first-order chi connectivity index (χ1) is 13.5. The summed E-state index contributed by atoms with van der Waals surface area (Å²) in [6.07, 6.45) is -4.56. The van der Waals surface area contributed by atoms with Gasteiger partial charge < -0.3 is 0 Å². The van der Waals surface area contributed by atoms with Crippen LogP contribution in [0.25, 0.3) is 0 Å². The van der Waals surface area contributed by atoms with Crippen LogP contribution in [0.2, 0.25) is 0 Å². The minimum absolute atomic E-state index is 0.0452. The number of benzene rings is 2. The summed E-state index contributed by atoms with van der Waals surface area (Å²) in [5.74, 6) is -0.493. The van der Waals surface area contributed by atoms with Gasteiger partial charge in [0.05, 0.1) is 29.2 Å². The van der Waals surface area contributed by atoms with Gasteiger partial charge in [-0.05, 0) is 55.3 Å². The summed E-state index contributed by atoms with van der Waals surface area (Å²) in [7, 11) is -3.43. The van der Waals surface area contributed by atoms with Gasteiger partial charge in [0.1, 0.15) is 0 Å². The fourth-order valence-electron chi connectivity index (χ4n) is 4.23. The molecule has 0 radical (unpaired) electrons. The van der Waals surface area contributed by atoms with Crippen LogP contribution in [-0.2, 0) is 16.0 Å². The number of carbonyl (C=O) groups excluding carboxylic acids is 1. The van der Waals surface area contributed by atoms with Crippen molar-refractivity contribution in [2.75, 3.05) is 21.3 Å². The molecule has 2 aromatic rings. The predicted molar refractivity (Wildman–Crippen MR) is 104 cm³/mol. The maximum absolute atomic E-state index is 13.3. The third-order valence-electron chi connectivity index (χ3n) is 5.31. The number of fused-ring (bicyclic) bond motifs is 1. The summed E-state index contributed by atoms with van der Waals surface area (Å²) in [5, 5.41) is 0. The van der Waals surface area contributed by atoms with E-state index in [-0.39, 0.29) is 17.2 Å². The highest BCUT2D eigenvalue weighted by molar-refractivity contribution is 7.91. The molecule has 2 atom stereocenters. The highest BCUT2D eigenvalue weighted by Gasteiger charge is 2.54. The van der Waals surface area contributed by atoms with Crippen molar-refractivity contribution in [2.45, 2.75) is 32.1 Å². The summed E-state index contributed by atoms with van der Waals surface area (Å²) in [5.41, 5.74) is 1.52. The quantitative estimate of drug-likeness (QED) is 0.687. The van der Waals surface area contributed by atoms with E-state index in [1.54, 1.807) is 12.1 Å². The van der Waals surface area contributed by atoms with Gasteiger partial charge in [-0.2, -0.15) is 13.2 Å². The Morgan fingerprint density at radius 1 is 0.897 bits per heavy atom. The number of anilines is 2. The predicted octanol–water partition coefficient (Wildman–Crippen LogP) is 3.93. The number of nitrogens with zero attached hydrogens (tertiary/aromatic N) is 2. The van der Waals surface area contributed by atoms with Crippen LogP contribution in [-0.4, -0.2) is 38.0 Å². The van der Waals surface area contributed by atoms with Gasteiger partial charge in [-0.25, -0.2) is 13.2 Å². The van der Waals surface area contributed by atoms with E-state index in [4.69, 9.17) is 0 Å². The number of carbonyl (C=O) groups is 1. The lowest BCUT2D eigenvalue weighted by atomic mass is 10.1. The topological polar surface area (TPSA) is 57.7 Å². The van der Waals surface area contributed by atoms with E-state index in [9.17, 15) is 26.4 Å². The number of hydrogen-bond acceptors (Lipinski definition) is 3. The molecule has 5 nitrogen and oxygen atoms in total. The van der Waals surface area contributed by atoms with E-state index in [0.29, 0.717) is 5.69 Å². The van der Waals surface area contributed by atoms with E-state index < -0.39 is 39.7 Å². The molecule has 0 saturated carbocycles. The molecule has 2 aliphatic rings. The number of rotatable bonds is 2. The van der Waals surface area contributed by atoms with E-state index in [0.717, 1.165) is 23.3 Å². The summed E-state index contributed by atoms with van der Waals surface area (Å²) in [6, 6.07) is 8.03. The van der Waals surface area contributed by atoms with E-state index >= 15 is 0 Å². The van der Waals surface area contributed by atoms with Crippen molar-refractivity contribution in [1.82, 2.24) is 0 Å². The molecule has 2 aromatic carbocycles. The zero-order chi connectivity index (χ0) is 21.1. The van der Waals surface area contributed by atoms with Crippen molar-refractivity contribution in [3.8, 4) is 0 Å². The van der Waals surface area contributed by atoms with Crippen LogP contribution in [0.15, 0.2) is 42.5 Å². The number of hydrogen-bond donors (Lipinski definition) is 0. The molecule has 4 rings (SSSR count). The van der Waals surface area contributed by atoms with Gasteiger partial charge in [0.2, 0.25) is 0 Å². The smallest absolute Gasteiger partial charge is 0.288 e. The van der Waals surface area contributed by atoms with Crippen LogP contribution in [0.4, 0.5) is 29.3 Å². The van der Waals surface area contributed by atoms with Crippen molar-refractivity contribution in [2.24, 2.45) is 0 Å². The first-order valence-corrected chi connectivity index (χ1v) is 10.9. The standard InChI is InChI=1S/C20H19F3N2O3S/c1-12-6-13(2)8-16(7-12)25-18-11-29(27,28)10-17(18)24(19(25)26)15-5-3-4-14(9-15)20(21,22)23/h3-9,17-18H,10-11H2,1-2H3/t17-,18-/m1/s1. The first kappa shape index (κ1) is 19.8. The Bertz CT molecular complexity index is 1080. The summed E-state index contributed by atoms with van der Waals surface area (Å²) in [6.45, 7) is 3.73. The van der Waals surface area contributed by atoms with Gasteiger partial charge in [0.25, 0.3) is 0 Å². The molecule has 0 aliphatic carbocycles. The number of aryl methyl sites for hydroxylation is 2. The van der Waals surface area contributed by atoms with Gasteiger partial charge >= 0.3 is 12.2 Å². The lowest BCUT2D eigenvalue weighted by molar-refractivity contribution is -0.137. The monoisotopic (exact) mass is 424 g/mol. The van der Waals surface area contributed by atoms with E-state index in [2.05, 4.69) is 0 Å². The highest BCUT2D eigenvalue weighted by Crippen LogP contribution is 2.40. The normalized spacial score (nSPS) is 23.6. The molecule has 0 N–H and O–H groups in total. The third kappa shape index (κ3) is 3.48. The van der Waals surface area contributed by atoms with Crippen LogP contribution < -0.4 is 9.80 Å². The van der Waals surface area contributed by atoms with Gasteiger partial charge in [-0.15, -0.1) is 0 Å². The first-order valence-electron chi connectivity index (χ1n) is 9.05. The summed E-state index contributed by atoms with van der Waals surface area (Å²) < 4.78 is 64.1. The largest absolute Gasteiger partial charge is 0.416 e. The summed E-state index contributed by atoms with van der Waals surface area (Å²) >= 11 is 0. The maximum Gasteiger partial charge on any atom is 0.416 e.